The highest BCUT2D eigenvalue weighted by atomic mass is 16.3. The lowest BCUT2D eigenvalue weighted by atomic mass is 10.1. The number of hydrogen-bond donors (Lipinski definition) is 1. The van der Waals surface area contributed by atoms with E-state index in [-0.39, 0.29) is 5.54 Å². The third-order valence-electron chi connectivity index (χ3n) is 1.60. The van der Waals surface area contributed by atoms with Crippen molar-refractivity contribution in [1.82, 2.24) is 5.32 Å². The first-order valence-electron chi connectivity index (χ1n) is 4.52. The summed E-state index contributed by atoms with van der Waals surface area (Å²) in [5, 5.41) is 3.37. The zero-order valence-corrected chi connectivity index (χ0v) is 8.50. The number of furan rings is 1. The highest BCUT2D eigenvalue weighted by molar-refractivity contribution is 5.46. The van der Waals surface area contributed by atoms with Gasteiger partial charge in [-0.25, -0.2) is 0 Å². The van der Waals surface area contributed by atoms with Crippen LogP contribution in [-0.2, 0) is 0 Å². The van der Waals surface area contributed by atoms with Crippen molar-refractivity contribution in [1.29, 1.82) is 0 Å². The van der Waals surface area contributed by atoms with E-state index in [1.165, 1.54) is 0 Å². The molecule has 0 aliphatic carbocycles. The van der Waals surface area contributed by atoms with Crippen LogP contribution in [0, 0.1) is 0 Å². The molecular formula is C11H17NO. The third-order valence-corrected chi connectivity index (χ3v) is 1.60. The summed E-state index contributed by atoms with van der Waals surface area (Å²) in [6, 6.07) is 1.94. The first-order valence-corrected chi connectivity index (χ1v) is 4.52. The molecule has 0 radical (unpaired) electrons. The summed E-state index contributed by atoms with van der Waals surface area (Å²) in [6.45, 7) is 7.34. The number of rotatable bonds is 3. The van der Waals surface area contributed by atoms with Crippen molar-refractivity contribution in [3.8, 4) is 0 Å². The molecule has 1 N–H and O–H groups in total. The van der Waals surface area contributed by atoms with E-state index in [0.717, 1.165) is 12.1 Å². The Morgan fingerprint density at radius 1 is 1.46 bits per heavy atom. The maximum Gasteiger partial charge on any atom is 0.0974 e. The standard InChI is InChI=1S/C11H17NO/c1-11(2,3)12-7-4-5-10-6-8-13-9-10/h4-6,8-9,12H,7H2,1-3H3. The number of hydrogen-bond acceptors (Lipinski definition) is 2. The molecule has 1 heterocycles. The van der Waals surface area contributed by atoms with Gasteiger partial charge in [0.25, 0.3) is 0 Å². The maximum atomic E-state index is 4.94. The van der Waals surface area contributed by atoms with E-state index in [2.05, 4.69) is 32.2 Å². The lowest BCUT2D eigenvalue weighted by Crippen LogP contribution is -2.35. The largest absolute Gasteiger partial charge is 0.472 e. The molecule has 0 aliphatic heterocycles. The molecule has 1 aromatic heterocycles. The fourth-order valence-electron chi connectivity index (χ4n) is 0.930. The molecule has 2 heteroatoms. The Morgan fingerprint density at radius 3 is 2.77 bits per heavy atom. The fourth-order valence-corrected chi connectivity index (χ4v) is 0.930. The van der Waals surface area contributed by atoms with Gasteiger partial charge in [-0.05, 0) is 26.8 Å². The van der Waals surface area contributed by atoms with Crippen molar-refractivity contribution < 1.29 is 4.42 Å². The van der Waals surface area contributed by atoms with Crippen molar-refractivity contribution in [3.63, 3.8) is 0 Å². The van der Waals surface area contributed by atoms with Gasteiger partial charge in [0.1, 0.15) is 0 Å². The Kier molecular flexibility index (Phi) is 3.32. The van der Waals surface area contributed by atoms with Crippen LogP contribution in [0.1, 0.15) is 26.3 Å². The fraction of sp³-hybridized carbons (Fsp3) is 0.455. The second kappa shape index (κ2) is 4.28. The van der Waals surface area contributed by atoms with Crippen LogP contribution >= 0.6 is 0 Å². The normalized spacial score (nSPS) is 12.5. The first-order chi connectivity index (χ1) is 6.08. The Hall–Kier alpha value is -1.02. The van der Waals surface area contributed by atoms with Gasteiger partial charge in [0, 0.05) is 17.6 Å². The lowest BCUT2D eigenvalue weighted by molar-refractivity contribution is 0.450. The molecule has 1 aromatic rings. The van der Waals surface area contributed by atoms with Crippen LogP contribution in [0.15, 0.2) is 29.1 Å². The molecule has 0 aliphatic rings. The molecule has 72 valence electrons. The third kappa shape index (κ3) is 4.53. The zero-order valence-electron chi connectivity index (χ0n) is 8.50. The SMILES string of the molecule is CC(C)(C)NCC=Cc1ccoc1. The molecule has 0 spiro atoms. The molecule has 13 heavy (non-hydrogen) atoms. The van der Waals surface area contributed by atoms with Crippen LogP contribution in [0.5, 0.6) is 0 Å². The summed E-state index contributed by atoms with van der Waals surface area (Å²) >= 11 is 0. The highest BCUT2D eigenvalue weighted by Crippen LogP contribution is 2.02. The van der Waals surface area contributed by atoms with Gasteiger partial charge in [-0.15, -0.1) is 0 Å². The van der Waals surface area contributed by atoms with E-state index < -0.39 is 0 Å². The zero-order chi connectivity index (χ0) is 9.73. The van der Waals surface area contributed by atoms with Crippen molar-refractivity contribution in [2.24, 2.45) is 0 Å². The van der Waals surface area contributed by atoms with Gasteiger partial charge in [-0.2, -0.15) is 0 Å². The van der Waals surface area contributed by atoms with E-state index in [1.54, 1.807) is 12.5 Å². The van der Waals surface area contributed by atoms with Gasteiger partial charge in [0.05, 0.1) is 12.5 Å². The molecule has 0 saturated carbocycles. The van der Waals surface area contributed by atoms with Gasteiger partial charge < -0.3 is 9.73 Å². The van der Waals surface area contributed by atoms with E-state index in [1.807, 2.05) is 12.1 Å². The topological polar surface area (TPSA) is 25.2 Å². The molecular weight excluding hydrogens is 162 g/mol. The molecule has 0 amide bonds. The smallest absolute Gasteiger partial charge is 0.0974 e. The van der Waals surface area contributed by atoms with Crippen LogP contribution in [0.3, 0.4) is 0 Å². The van der Waals surface area contributed by atoms with Gasteiger partial charge in [-0.1, -0.05) is 12.2 Å². The predicted octanol–water partition coefficient (Wildman–Crippen LogP) is 2.68. The summed E-state index contributed by atoms with van der Waals surface area (Å²) in [4.78, 5) is 0. The van der Waals surface area contributed by atoms with Gasteiger partial charge in [0.15, 0.2) is 0 Å². The molecule has 0 bridgehead atoms. The van der Waals surface area contributed by atoms with E-state index in [4.69, 9.17) is 4.42 Å². The summed E-state index contributed by atoms with van der Waals surface area (Å²) in [7, 11) is 0. The van der Waals surface area contributed by atoms with Gasteiger partial charge in [0.2, 0.25) is 0 Å². The monoisotopic (exact) mass is 179 g/mol. The minimum Gasteiger partial charge on any atom is -0.472 e. The van der Waals surface area contributed by atoms with Crippen LogP contribution in [0.25, 0.3) is 6.08 Å². The molecule has 0 unspecified atom stereocenters. The Bertz CT molecular complexity index is 254. The second-order valence-electron chi connectivity index (χ2n) is 4.09. The van der Waals surface area contributed by atoms with Crippen LogP contribution in [0.4, 0.5) is 0 Å². The summed E-state index contributed by atoms with van der Waals surface area (Å²) < 4.78 is 4.94. The van der Waals surface area contributed by atoms with Crippen LogP contribution < -0.4 is 5.32 Å². The first kappa shape index (κ1) is 10.1. The minimum absolute atomic E-state index is 0.181. The van der Waals surface area contributed by atoms with E-state index in [9.17, 15) is 0 Å². The second-order valence-corrected chi connectivity index (χ2v) is 4.09. The van der Waals surface area contributed by atoms with E-state index >= 15 is 0 Å². The summed E-state index contributed by atoms with van der Waals surface area (Å²) in [5.74, 6) is 0. The molecule has 2 nitrogen and oxygen atoms in total. The van der Waals surface area contributed by atoms with E-state index in [0.29, 0.717) is 0 Å². The Morgan fingerprint density at radius 2 is 2.23 bits per heavy atom. The van der Waals surface area contributed by atoms with Gasteiger partial charge >= 0.3 is 0 Å². The van der Waals surface area contributed by atoms with Crippen molar-refractivity contribution >= 4 is 6.08 Å². The maximum absolute atomic E-state index is 4.94. The number of nitrogens with one attached hydrogen (secondary N) is 1. The molecule has 1 rings (SSSR count). The molecule has 0 fully saturated rings. The Labute approximate surface area is 79.6 Å². The van der Waals surface area contributed by atoms with Crippen molar-refractivity contribution in [3.05, 3.63) is 30.2 Å². The average molecular weight is 179 g/mol. The van der Waals surface area contributed by atoms with Crippen LogP contribution in [-0.4, -0.2) is 12.1 Å². The van der Waals surface area contributed by atoms with Crippen molar-refractivity contribution in [2.45, 2.75) is 26.3 Å². The van der Waals surface area contributed by atoms with Crippen molar-refractivity contribution in [2.75, 3.05) is 6.54 Å². The average Bonchev–Trinajstić information content (AvgIpc) is 2.48. The summed E-state index contributed by atoms with van der Waals surface area (Å²) in [6.07, 6.45) is 7.54. The van der Waals surface area contributed by atoms with Crippen LogP contribution in [0.2, 0.25) is 0 Å². The lowest BCUT2D eigenvalue weighted by Gasteiger charge is -2.18. The predicted molar refractivity (Wildman–Crippen MR) is 55.5 cm³/mol. The minimum atomic E-state index is 0.181. The van der Waals surface area contributed by atoms with Gasteiger partial charge in [-0.3, -0.25) is 0 Å². The highest BCUT2D eigenvalue weighted by Gasteiger charge is 2.05. The molecule has 0 atom stereocenters. The molecule has 0 aromatic carbocycles. The molecule has 0 saturated heterocycles. The Balaban J connectivity index is 2.27. The quantitative estimate of drug-likeness (QED) is 0.771. The summed E-state index contributed by atoms with van der Waals surface area (Å²) in [5.41, 5.74) is 1.29.